The molecule has 0 radical (unpaired) electrons. The fraction of sp³-hybridized carbons (Fsp3) is 0.276. The number of aromatic nitrogens is 3. The third kappa shape index (κ3) is 6.00. The molecule has 1 N–H and O–H groups in total. The van der Waals surface area contributed by atoms with Crippen LogP contribution in [0.25, 0.3) is 10.8 Å². The summed E-state index contributed by atoms with van der Waals surface area (Å²) in [5.74, 6) is 1.59. The zero-order valence-electron chi connectivity index (χ0n) is 21.9. The number of benzene rings is 3. The first-order chi connectivity index (χ1) is 19.7. The Balaban J connectivity index is 1.13. The summed E-state index contributed by atoms with van der Waals surface area (Å²) in [4.78, 5) is 30.9. The Bertz CT molecular complexity index is 1460. The van der Waals surface area contributed by atoms with Gasteiger partial charge in [0.05, 0.1) is 38.2 Å². The second-order valence-electron chi connectivity index (χ2n) is 9.31. The lowest BCUT2D eigenvalue weighted by Gasteiger charge is -2.30. The van der Waals surface area contributed by atoms with Crippen molar-refractivity contribution in [1.82, 2.24) is 15.0 Å². The van der Waals surface area contributed by atoms with Crippen LogP contribution in [-0.2, 0) is 9.47 Å². The van der Waals surface area contributed by atoms with Crippen molar-refractivity contribution in [1.29, 1.82) is 0 Å². The van der Waals surface area contributed by atoms with Gasteiger partial charge in [0, 0.05) is 26.2 Å². The zero-order valence-corrected chi connectivity index (χ0v) is 21.9. The number of esters is 1. The van der Waals surface area contributed by atoms with E-state index < -0.39 is 5.97 Å². The molecule has 6 rings (SSSR count). The van der Waals surface area contributed by atoms with E-state index in [2.05, 4.69) is 30.3 Å². The fourth-order valence-electron chi connectivity index (χ4n) is 4.57. The molecular weight excluding hydrogens is 510 g/mol. The number of rotatable bonds is 7. The number of morpholine rings is 2. The van der Waals surface area contributed by atoms with Crippen molar-refractivity contribution in [3.63, 3.8) is 0 Å². The number of hydrogen-bond donors (Lipinski definition) is 1. The lowest BCUT2D eigenvalue weighted by Crippen LogP contribution is -2.40. The molecular formula is C29H29N7O4. The molecule has 0 spiro atoms. The predicted molar refractivity (Wildman–Crippen MR) is 152 cm³/mol. The molecule has 3 heterocycles. The second kappa shape index (κ2) is 12.1. The highest BCUT2D eigenvalue weighted by atomic mass is 16.5. The van der Waals surface area contributed by atoms with Gasteiger partial charge in [0.2, 0.25) is 17.8 Å². The van der Waals surface area contributed by atoms with E-state index in [0.29, 0.717) is 81.8 Å². The van der Waals surface area contributed by atoms with E-state index in [1.54, 1.807) is 24.4 Å². The zero-order chi connectivity index (χ0) is 27.1. The maximum Gasteiger partial charge on any atom is 0.344 e. The van der Waals surface area contributed by atoms with E-state index in [-0.39, 0.29) is 0 Å². The summed E-state index contributed by atoms with van der Waals surface area (Å²) < 4.78 is 16.6. The molecule has 40 heavy (non-hydrogen) atoms. The van der Waals surface area contributed by atoms with Gasteiger partial charge >= 0.3 is 5.97 Å². The van der Waals surface area contributed by atoms with Gasteiger partial charge in [-0.15, -0.1) is 0 Å². The number of carbonyl (C=O) groups excluding carboxylic acids is 1. The number of anilines is 3. The number of nitrogens with zero attached hydrogens (tertiary/aromatic N) is 6. The van der Waals surface area contributed by atoms with Crippen molar-refractivity contribution < 1.29 is 19.0 Å². The third-order valence-electron chi connectivity index (χ3n) is 6.68. The average molecular weight is 540 g/mol. The minimum absolute atomic E-state index is 0.356. The van der Waals surface area contributed by atoms with Crippen molar-refractivity contribution in [2.75, 3.05) is 67.8 Å². The van der Waals surface area contributed by atoms with Crippen LogP contribution in [0.15, 0.2) is 71.8 Å². The molecule has 0 atom stereocenters. The van der Waals surface area contributed by atoms with Gasteiger partial charge in [0.1, 0.15) is 5.75 Å². The summed E-state index contributed by atoms with van der Waals surface area (Å²) in [5, 5.41) is 6.18. The van der Waals surface area contributed by atoms with Gasteiger partial charge in [0.25, 0.3) is 0 Å². The molecule has 204 valence electrons. The van der Waals surface area contributed by atoms with Crippen molar-refractivity contribution >= 4 is 40.8 Å². The predicted octanol–water partition coefficient (Wildman–Crippen LogP) is 3.36. The van der Waals surface area contributed by atoms with Crippen LogP contribution < -0.4 is 20.0 Å². The van der Waals surface area contributed by atoms with E-state index in [1.165, 1.54) is 0 Å². The van der Waals surface area contributed by atoms with Gasteiger partial charge in [-0.2, -0.15) is 20.1 Å². The summed E-state index contributed by atoms with van der Waals surface area (Å²) in [7, 11) is 0. The minimum atomic E-state index is -0.401. The van der Waals surface area contributed by atoms with Gasteiger partial charge in [-0.1, -0.05) is 36.4 Å². The Morgan fingerprint density at radius 3 is 2.10 bits per heavy atom. The van der Waals surface area contributed by atoms with Gasteiger partial charge in [-0.3, -0.25) is 0 Å². The van der Waals surface area contributed by atoms with Gasteiger partial charge in [0.15, 0.2) is 0 Å². The molecule has 2 saturated heterocycles. The molecule has 11 heteroatoms. The topological polar surface area (TPSA) is 114 Å². The van der Waals surface area contributed by atoms with Gasteiger partial charge in [-0.25, -0.2) is 10.2 Å². The van der Waals surface area contributed by atoms with Crippen LogP contribution in [-0.4, -0.2) is 79.7 Å². The van der Waals surface area contributed by atoms with Crippen LogP contribution in [0.4, 0.5) is 17.8 Å². The van der Waals surface area contributed by atoms with E-state index in [9.17, 15) is 4.79 Å². The van der Waals surface area contributed by atoms with Crippen LogP contribution in [0.1, 0.15) is 15.9 Å². The first kappa shape index (κ1) is 25.7. The SMILES string of the molecule is O=C(Oc1ccc(/C=N/Nc2nc(N3CCOCC3)nc(N3CCOCC3)n2)cc1)c1cccc2ccccc12. The van der Waals surface area contributed by atoms with Crippen molar-refractivity contribution in [3.05, 3.63) is 77.9 Å². The van der Waals surface area contributed by atoms with Crippen molar-refractivity contribution in [2.24, 2.45) is 5.10 Å². The van der Waals surface area contributed by atoms with Crippen LogP contribution in [0.2, 0.25) is 0 Å². The molecule has 2 aliphatic rings. The number of carbonyl (C=O) groups is 1. The lowest BCUT2D eigenvalue weighted by atomic mass is 10.0. The largest absolute Gasteiger partial charge is 0.423 e. The maximum absolute atomic E-state index is 12.8. The molecule has 0 unspecified atom stereocenters. The van der Waals surface area contributed by atoms with E-state index in [0.717, 1.165) is 16.3 Å². The third-order valence-corrected chi connectivity index (χ3v) is 6.68. The van der Waals surface area contributed by atoms with Crippen LogP contribution >= 0.6 is 0 Å². The number of fused-ring (bicyclic) bond motifs is 1. The summed E-state index contributed by atoms with van der Waals surface area (Å²) >= 11 is 0. The highest BCUT2D eigenvalue weighted by Gasteiger charge is 2.20. The molecule has 2 fully saturated rings. The molecule has 0 aliphatic carbocycles. The maximum atomic E-state index is 12.8. The number of hydrogen-bond acceptors (Lipinski definition) is 11. The Hall–Kier alpha value is -4.61. The lowest BCUT2D eigenvalue weighted by molar-refractivity contribution is 0.0737. The van der Waals surface area contributed by atoms with Crippen LogP contribution in [0, 0.1) is 0 Å². The quantitative estimate of drug-likeness (QED) is 0.162. The average Bonchev–Trinajstić information content (AvgIpc) is 3.02. The summed E-state index contributed by atoms with van der Waals surface area (Å²) in [5.41, 5.74) is 4.28. The summed E-state index contributed by atoms with van der Waals surface area (Å²) in [6.07, 6.45) is 1.66. The number of nitrogens with one attached hydrogen (secondary N) is 1. The van der Waals surface area contributed by atoms with E-state index >= 15 is 0 Å². The molecule has 2 aliphatic heterocycles. The first-order valence-corrected chi connectivity index (χ1v) is 13.2. The van der Waals surface area contributed by atoms with E-state index in [4.69, 9.17) is 19.2 Å². The van der Waals surface area contributed by atoms with Crippen molar-refractivity contribution in [3.8, 4) is 5.75 Å². The molecule has 0 amide bonds. The fourth-order valence-corrected chi connectivity index (χ4v) is 4.57. The normalized spacial score (nSPS) is 15.9. The molecule has 1 aromatic heterocycles. The molecule has 0 bridgehead atoms. The molecule has 11 nitrogen and oxygen atoms in total. The van der Waals surface area contributed by atoms with Crippen molar-refractivity contribution in [2.45, 2.75) is 0 Å². The number of hydrazone groups is 1. The molecule has 3 aromatic carbocycles. The Kier molecular flexibility index (Phi) is 7.73. The smallest absolute Gasteiger partial charge is 0.344 e. The summed E-state index contributed by atoms with van der Waals surface area (Å²) in [6, 6.07) is 20.4. The monoisotopic (exact) mass is 539 g/mol. The highest BCUT2D eigenvalue weighted by molar-refractivity contribution is 6.05. The second-order valence-corrected chi connectivity index (χ2v) is 9.31. The van der Waals surface area contributed by atoms with Crippen LogP contribution in [0.5, 0.6) is 5.75 Å². The summed E-state index contributed by atoms with van der Waals surface area (Å²) in [6.45, 7) is 5.39. The highest BCUT2D eigenvalue weighted by Crippen LogP contribution is 2.22. The Morgan fingerprint density at radius 1 is 0.800 bits per heavy atom. The Morgan fingerprint density at radius 2 is 1.43 bits per heavy atom. The Labute approximate surface area is 231 Å². The van der Waals surface area contributed by atoms with Gasteiger partial charge < -0.3 is 24.0 Å². The molecule has 4 aromatic rings. The first-order valence-electron chi connectivity index (χ1n) is 13.2. The molecule has 0 saturated carbocycles. The van der Waals surface area contributed by atoms with Crippen LogP contribution in [0.3, 0.4) is 0 Å². The number of ether oxygens (including phenoxy) is 3. The van der Waals surface area contributed by atoms with Gasteiger partial charge in [-0.05, 0) is 46.7 Å². The standard InChI is InChI=1S/C29H29N7O4/c37-26(25-7-3-5-22-4-1-2-6-24(22)25)40-23-10-8-21(9-11-23)20-30-34-27-31-28(35-12-16-38-17-13-35)33-29(32-27)36-14-18-39-19-15-36/h1-11,20H,12-19H2,(H,31,32,33,34)/b30-20+. The van der Waals surface area contributed by atoms with E-state index in [1.807, 2.05) is 48.5 Å². The minimum Gasteiger partial charge on any atom is -0.423 e.